The van der Waals surface area contributed by atoms with E-state index in [-0.39, 0.29) is 11.4 Å². The minimum absolute atomic E-state index is 0.141. The Morgan fingerprint density at radius 1 is 1.07 bits per heavy atom. The predicted molar refractivity (Wildman–Crippen MR) is 113 cm³/mol. The van der Waals surface area contributed by atoms with E-state index in [1.807, 2.05) is 18.2 Å². The van der Waals surface area contributed by atoms with Crippen molar-refractivity contribution in [1.82, 2.24) is 13.6 Å². The van der Waals surface area contributed by atoms with Crippen LogP contribution in [0.25, 0.3) is 11.1 Å². The van der Waals surface area contributed by atoms with Gasteiger partial charge in [-0.25, -0.2) is 25.4 Å². The Morgan fingerprint density at radius 3 is 2.37 bits per heavy atom. The highest BCUT2D eigenvalue weighted by atomic mass is 32.2. The van der Waals surface area contributed by atoms with Crippen LogP contribution >= 0.6 is 0 Å². The van der Waals surface area contributed by atoms with Gasteiger partial charge in [0.15, 0.2) is 0 Å². The van der Waals surface area contributed by atoms with Crippen molar-refractivity contribution in [2.24, 2.45) is 5.41 Å². The molecule has 3 heterocycles. The molecule has 2 aromatic rings. The van der Waals surface area contributed by atoms with Crippen molar-refractivity contribution in [2.45, 2.75) is 17.7 Å². The van der Waals surface area contributed by atoms with Gasteiger partial charge in [-0.1, -0.05) is 6.07 Å². The Labute approximate surface area is 177 Å². The number of pyridine rings is 1. The zero-order valence-electron chi connectivity index (χ0n) is 17.0. The highest BCUT2D eigenvalue weighted by Crippen LogP contribution is 2.40. The first-order valence-electron chi connectivity index (χ1n) is 9.70. The van der Waals surface area contributed by atoms with Gasteiger partial charge in [0.2, 0.25) is 20.0 Å². The molecule has 0 atom stereocenters. The molecule has 0 bridgehead atoms. The van der Waals surface area contributed by atoms with Gasteiger partial charge in [0.25, 0.3) is 0 Å². The van der Waals surface area contributed by atoms with E-state index in [4.69, 9.17) is 4.74 Å². The van der Waals surface area contributed by atoms with Crippen molar-refractivity contribution in [1.29, 1.82) is 0 Å². The van der Waals surface area contributed by atoms with Gasteiger partial charge in [-0.05, 0) is 48.2 Å². The van der Waals surface area contributed by atoms with E-state index in [0.717, 1.165) is 11.1 Å². The van der Waals surface area contributed by atoms with Crippen LogP contribution in [0.1, 0.15) is 12.8 Å². The molecule has 8 nitrogen and oxygen atoms in total. The maximum Gasteiger partial charge on any atom is 0.246 e. The maximum atomic E-state index is 13.3. The summed E-state index contributed by atoms with van der Waals surface area (Å²) in [7, 11) is -5.45. The molecule has 1 saturated heterocycles. The van der Waals surface area contributed by atoms with Gasteiger partial charge in [-0.3, -0.25) is 4.98 Å². The molecule has 1 spiro atoms. The molecule has 0 N–H and O–H groups in total. The van der Waals surface area contributed by atoms with Crippen LogP contribution in [0.15, 0.2) is 47.6 Å². The van der Waals surface area contributed by atoms with Crippen molar-refractivity contribution in [2.75, 3.05) is 39.5 Å². The number of rotatable bonds is 2. The third-order valence-electron chi connectivity index (χ3n) is 5.99. The Hall–Kier alpha value is -2.01. The summed E-state index contributed by atoms with van der Waals surface area (Å²) in [6, 6.07) is 8.82. The summed E-state index contributed by atoms with van der Waals surface area (Å²) in [4.78, 5) is 4.14. The number of nitrogens with zero attached hydrogens (tertiary/aromatic N) is 3. The van der Waals surface area contributed by atoms with Crippen LogP contribution in [0.2, 0.25) is 0 Å². The maximum absolute atomic E-state index is 13.3. The van der Waals surface area contributed by atoms with Gasteiger partial charge in [0.1, 0.15) is 10.6 Å². The largest absolute Gasteiger partial charge is 0.492 e. The smallest absolute Gasteiger partial charge is 0.246 e. The lowest BCUT2D eigenvalue weighted by atomic mass is 9.79. The van der Waals surface area contributed by atoms with Crippen molar-refractivity contribution >= 4 is 20.0 Å². The number of benzene rings is 1. The fourth-order valence-electron chi connectivity index (χ4n) is 4.15. The number of fused-ring (bicyclic) bond motifs is 1. The Balaban J connectivity index is 1.67. The molecule has 4 rings (SSSR count). The summed E-state index contributed by atoms with van der Waals surface area (Å²) >= 11 is 0. The Morgan fingerprint density at radius 2 is 1.73 bits per heavy atom. The molecule has 0 amide bonds. The molecule has 2 aliphatic heterocycles. The molecule has 2 aliphatic rings. The lowest BCUT2D eigenvalue weighted by Crippen LogP contribution is -2.51. The van der Waals surface area contributed by atoms with E-state index in [2.05, 4.69) is 4.98 Å². The van der Waals surface area contributed by atoms with Gasteiger partial charge in [-0.2, -0.15) is 0 Å². The first kappa shape index (κ1) is 21.2. The minimum Gasteiger partial charge on any atom is -0.492 e. The van der Waals surface area contributed by atoms with Crippen molar-refractivity contribution in [3.63, 3.8) is 0 Å². The summed E-state index contributed by atoms with van der Waals surface area (Å²) in [5, 5.41) is 0. The summed E-state index contributed by atoms with van der Waals surface area (Å²) < 4.78 is 59.2. The van der Waals surface area contributed by atoms with Gasteiger partial charge in [0.05, 0.1) is 12.9 Å². The van der Waals surface area contributed by atoms with Gasteiger partial charge in [-0.15, -0.1) is 0 Å². The number of piperidine rings is 1. The van der Waals surface area contributed by atoms with Crippen LogP contribution in [0.3, 0.4) is 0 Å². The SMILES string of the molecule is CN1CC2(CCN(S(C)(=O)=O)CC2)COc2ccc(-c3ccncc3)cc2S1(=O)=O. The van der Waals surface area contributed by atoms with Crippen LogP contribution in [0.4, 0.5) is 0 Å². The first-order valence-corrected chi connectivity index (χ1v) is 13.0. The third kappa shape index (κ3) is 3.96. The lowest BCUT2D eigenvalue weighted by Gasteiger charge is -2.43. The third-order valence-corrected chi connectivity index (χ3v) is 9.12. The van der Waals surface area contributed by atoms with E-state index >= 15 is 0 Å². The minimum atomic E-state index is -3.77. The molecular weight excluding hydrogens is 426 g/mol. The fourth-order valence-corrected chi connectivity index (χ4v) is 6.43. The second-order valence-corrected chi connectivity index (χ2v) is 12.1. The highest BCUT2D eigenvalue weighted by molar-refractivity contribution is 7.89. The van der Waals surface area contributed by atoms with Gasteiger partial charge < -0.3 is 4.74 Å². The average molecular weight is 452 g/mol. The quantitative estimate of drug-likeness (QED) is 0.691. The van der Waals surface area contributed by atoms with Crippen molar-refractivity contribution < 1.29 is 21.6 Å². The van der Waals surface area contributed by atoms with E-state index in [1.54, 1.807) is 31.6 Å². The molecule has 162 valence electrons. The van der Waals surface area contributed by atoms with Crippen LogP contribution < -0.4 is 4.74 Å². The highest BCUT2D eigenvalue weighted by Gasteiger charge is 2.43. The van der Waals surface area contributed by atoms with E-state index in [1.165, 1.54) is 14.9 Å². The molecule has 1 fully saturated rings. The number of aromatic nitrogens is 1. The number of hydrogen-bond acceptors (Lipinski definition) is 6. The van der Waals surface area contributed by atoms with Crippen LogP contribution in [0.5, 0.6) is 5.75 Å². The normalized spacial score (nSPS) is 21.9. The molecule has 0 aliphatic carbocycles. The van der Waals surface area contributed by atoms with Crippen LogP contribution in [-0.4, -0.2) is 70.0 Å². The predicted octanol–water partition coefficient (Wildman–Crippen LogP) is 1.80. The van der Waals surface area contributed by atoms with Gasteiger partial charge >= 0.3 is 0 Å². The fraction of sp³-hybridized carbons (Fsp3) is 0.450. The van der Waals surface area contributed by atoms with Crippen molar-refractivity contribution in [3.05, 3.63) is 42.7 Å². The van der Waals surface area contributed by atoms with E-state index in [9.17, 15) is 16.8 Å². The van der Waals surface area contributed by atoms with E-state index in [0.29, 0.717) is 38.3 Å². The Kier molecular flexibility index (Phi) is 5.38. The van der Waals surface area contributed by atoms with Crippen LogP contribution in [-0.2, 0) is 20.0 Å². The molecule has 30 heavy (non-hydrogen) atoms. The monoisotopic (exact) mass is 451 g/mol. The zero-order chi connectivity index (χ0) is 21.6. The topological polar surface area (TPSA) is 96.9 Å². The summed E-state index contributed by atoms with van der Waals surface area (Å²) in [6.45, 7) is 1.35. The molecule has 0 unspecified atom stereocenters. The van der Waals surface area contributed by atoms with Crippen LogP contribution in [0, 0.1) is 5.41 Å². The number of hydrogen-bond donors (Lipinski definition) is 0. The van der Waals surface area contributed by atoms with Crippen molar-refractivity contribution in [3.8, 4) is 16.9 Å². The molecule has 10 heteroatoms. The zero-order valence-corrected chi connectivity index (χ0v) is 18.6. The summed E-state index contributed by atoms with van der Waals surface area (Å²) in [5.41, 5.74) is 1.22. The number of ether oxygens (including phenoxy) is 1. The Bertz CT molecular complexity index is 1140. The molecular formula is C20H25N3O5S2. The second-order valence-electron chi connectivity index (χ2n) is 8.11. The molecule has 1 aromatic heterocycles. The average Bonchev–Trinajstić information content (AvgIpc) is 2.72. The summed E-state index contributed by atoms with van der Waals surface area (Å²) in [5.74, 6) is 0.323. The molecule has 1 aromatic carbocycles. The number of sulfonamides is 2. The second kappa shape index (κ2) is 7.60. The van der Waals surface area contributed by atoms with Gasteiger partial charge in [0, 0.05) is 44.5 Å². The molecule has 0 saturated carbocycles. The lowest BCUT2D eigenvalue weighted by molar-refractivity contribution is 0.0616. The first-order chi connectivity index (χ1) is 14.1. The molecule has 0 radical (unpaired) electrons. The van der Waals surface area contributed by atoms with E-state index < -0.39 is 25.5 Å². The summed E-state index contributed by atoms with van der Waals surface area (Å²) in [6.07, 6.45) is 5.62. The standard InChI is InChI=1S/C20H25N3O5S2/c1-22-14-20(7-11-23(12-8-20)29(2,24)25)15-28-18-4-3-17(13-19(18)30(22,26)27)16-5-9-21-10-6-16/h3-6,9-10,13H,7-8,11-12,14-15H2,1-2H3.